The van der Waals surface area contributed by atoms with Crippen molar-refractivity contribution in [1.29, 1.82) is 0 Å². The van der Waals surface area contributed by atoms with Crippen molar-refractivity contribution < 1.29 is 70.0 Å². The molecule has 0 aliphatic carbocycles. The van der Waals surface area contributed by atoms with E-state index in [9.17, 15) is 70.0 Å². The average molecular weight is 1090 g/mol. The van der Waals surface area contributed by atoms with Gasteiger partial charge in [0.05, 0.1) is 21.2 Å². The predicted octanol–water partition coefficient (Wildman–Crippen LogP) is 5.85. The second kappa shape index (κ2) is 18.5. The van der Waals surface area contributed by atoms with Crippen LogP contribution in [-0.2, 0) is 50.6 Å². The van der Waals surface area contributed by atoms with Gasteiger partial charge in [0.25, 0.3) is 50.6 Å². The fraction of sp³-hybridized carbons (Fsp3) is 0. The molecule has 0 atom stereocenters. The number of hydrogen-bond acceptors (Lipinski definition) is 23. The minimum atomic E-state index is -5.39. The molecule has 0 bridgehead atoms. The summed E-state index contributed by atoms with van der Waals surface area (Å²) in [6, 6.07) is 14.4. The van der Waals surface area contributed by atoms with E-state index < -0.39 is 137 Å². The van der Waals surface area contributed by atoms with Gasteiger partial charge in [-0.1, -0.05) is 18.2 Å². The van der Waals surface area contributed by atoms with Crippen molar-refractivity contribution >= 4 is 142 Å². The van der Waals surface area contributed by atoms with E-state index in [1.807, 2.05) is 0 Å². The fourth-order valence-corrected chi connectivity index (χ4v) is 9.25. The van der Waals surface area contributed by atoms with Crippen LogP contribution in [0.4, 0.5) is 57.9 Å². The maximum atomic E-state index is 12.6. The molecule has 28 nitrogen and oxygen atoms in total. The van der Waals surface area contributed by atoms with Crippen LogP contribution in [0.3, 0.4) is 0 Å². The summed E-state index contributed by atoms with van der Waals surface area (Å²) < 4.78 is 171. The van der Waals surface area contributed by atoms with E-state index in [0.717, 1.165) is 42.5 Å². The summed E-state index contributed by atoms with van der Waals surface area (Å²) >= 11 is 12.3. The molecule has 69 heavy (non-hydrogen) atoms. The van der Waals surface area contributed by atoms with E-state index in [-0.39, 0.29) is 23.3 Å². The standard InChI is InChI=1S/C34H24Cl2N12O16S5/c35-29-41-31(37-16-4-3-5-18(12-16)65(50,51)52)45-32(42-29)38-17-8-9-24(68(59,60)61)21(13-17)39-33-43-30(36)44-34(46-33)40-22-14-19(66(53,54)55)10-15-11-25(69(62,63)64)27(28(49)26(15)22)48-47-20-6-1-2-7-23(20)67(56,57)58/h1-14,49H,(H,50,51,52)(H,53,54,55)(H,56,57,58)(H,59,60,61)(H,62,63,64)(H2,37,38,41,42,45)(H2,39,40,43,44,46). The predicted molar refractivity (Wildman–Crippen MR) is 241 cm³/mol. The number of nitrogens with zero attached hydrogens (tertiary/aromatic N) is 8. The number of fused-ring (bicyclic) bond motifs is 1. The van der Waals surface area contributed by atoms with Gasteiger partial charge in [-0.05, 0) is 95.3 Å². The molecule has 360 valence electrons. The van der Waals surface area contributed by atoms with Gasteiger partial charge >= 0.3 is 0 Å². The lowest BCUT2D eigenvalue weighted by Gasteiger charge is -2.16. The zero-order chi connectivity index (χ0) is 50.4. The topological polar surface area (TPSA) is 442 Å². The van der Waals surface area contributed by atoms with Gasteiger partial charge in [0.15, 0.2) is 5.75 Å². The number of aromatic hydroxyl groups is 1. The van der Waals surface area contributed by atoms with Gasteiger partial charge in [-0.15, -0.1) is 10.2 Å². The van der Waals surface area contributed by atoms with Crippen molar-refractivity contribution in [1.82, 2.24) is 29.9 Å². The van der Waals surface area contributed by atoms with Crippen molar-refractivity contribution in [3.05, 3.63) is 95.5 Å². The first-order chi connectivity index (χ1) is 32.0. The molecule has 0 saturated heterocycles. The molecule has 0 radical (unpaired) electrons. The Kier molecular flexibility index (Phi) is 13.4. The summed E-state index contributed by atoms with van der Waals surface area (Å²) in [6.07, 6.45) is 0. The van der Waals surface area contributed by atoms with Crippen LogP contribution in [0.2, 0.25) is 10.6 Å². The molecule has 35 heteroatoms. The number of phenols is 1. The highest BCUT2D eigenvalue weighted by Gasteiger charge is 2.27. The zero-order valence-corrected chi connectivity index (χ0v) is 38.8. The molecule has 0 saturated carbocycles. The number of hydrogen-bond donors (Lipinski definition) is 10. The van der Waals surface area contributed by atoms with Crippen molar-refractivity contribution in [2.24, 2.45) is 10.2 Å². The largest absolute Gasteiger partial charge is 0.505 e. The van der Waals surface area contributed by atoms with Gasteiger partial charge in [-0.3, -0.25) is 22.8 Å². The number of rotatable bonds is 15. The molecule has 7 aromatic rings. The number of anilines is 8. The first kappa shape index (κ1) is 50.0. The quantitative estimate of drug-likeness (QED) is 0.0425. The second-order valence-corrected chi connectivity index (χ2v) is 21.1. The van der Waals surface area contributed by atoms with Crippen molar-refractivity contribution in [2.75, 3.05) is 21.3 Å². The minimum absolute atomic E-state index is 0.00680. The maximum Gasteiger partial charge on any atom is 0.296 e. The Bertz CT molecular complexity index is 3900. The Morgan fingerprint density at radius 3 is 1.52 bits per heavy atom. The molecular weight excluding hydrogens is 1060 g/mol. The normalized spacial score (nSPS) is 12.6. The smallest absolute Gasteiger partial charge is 0.296 e. The molecule has 2 aromatic heterocycles. The molecule has 0 aliphatic rings. The Morgan fingerprint density at radius 2 is 0.971 bits per heavy atom. The third-order valence-corrected chi connectivity index (χ3v) is 13.4. The van der Waals surface area contributed by atoms with E-state index in [1.54, 1.807) is 0 Å². The third kappa shape index (κ3) is 11.9. The SMILES string of the molecule is O=S(=O)(O)c1cccc(Nc2nc(Cl)nc(Nc3ccc(S(=O)(=O)O)c(Nc4nc(Cl)nc(Nc5cc(S(=O)(=O)O)cc6cc(S(=O)(=O)O)c(N=Nc7ccccc7S(=O)(=O)O)c(O)c56)n4)c3)n2)c1. The lowest BCUT2D eigenvalue weighted by Crippen LogP contribution is -2.09. The van der Waals surface area contributed by atoms with Crippen LogP contribution in [0.1, 0.15) is 0 Å². The lowest BCUT2D eigenvalue weighted by atomic mass is 10.1. The minimum Gasteiger partial charge on any atom is -0.505 e. The average Bonchev–Trinajstić information content (AvgIpc) is 3.21. The molecule has 0 aliphatic heterocycles. The van der Waals surface area contributed by atoms with Crippen molar-refractivity contribution in [3.63, 3.8) is 0 Å². The molecular formula is C34H24Cl2N12O16S5. The summed E-state index contributed by atoms with van der Waals surface area (Å²) in [7, 11) is -25.1. The van der Waals surface area contributed by atoms with Crippen LogP contribution in [0.25, 0.3) is 10.8 Å². The highest BCUT2D eigenvalue weighted by atomic mass is 35.5. The van der Waals surface area contributed by atoms with Gasteiger partial charge in [-0.2, -0.15) is 72.0 Å². The number of phenolic OH excluding ortho intramolecular Hbond substituents is 1. The maximum absolute atomic E-state index is 12.6. The number of azo groups is 1. The van der Waals surface area contributed by atoms with Crippen LogP contribution in [0.15, 0.2) is 120 Å². The summed E-state index contributed by atoms with van der Waals surface area (Å²) in [6.45, 7) is 0. The molecule has 7 rings (SSSR count). The number of benzene rings is 5. The zero-order valence-electron chi connectivity index (χ0n) is 33.2. The second-order valence-electron chi connectivity index (χ2n) is 13.4. The molecule has 0 spiro atoms. The Balaban J connectivity index is 1.28. The van der Waals surface area contributed by atoms with Gasteiger partial charge in [0.1, 0.15) is 26.1 Å². The summed E-state index contributed by atoms with van der Waals surface area (Å²) in [5, 5.41) is 27.1. The Hall–Kier alpha value is -6.89. The Labute approximate surface area is 397 Å². The highest BCUT2D eigenvalue weighted by molar-refractivity contribution is 7.87. The molecule has 10 N–H and O–H groups in total. The van der Waals surface area contributed by atoms with Crippen LogP contribution in [0, 0.1) is 0 Å². The first-order valence-electron chi connectivity index (χ1n) is 17.9. The van der Waals surface area contributed by atoms with E-state index >= 15 is 0 Å². The van der Waals surface area contributed by atoms with E-state index in [1.165, 1.54) is 24.3 Å². The van der Waals surface area contributed by atoms with Crippen LogP contribution >= 0.6 is 23.2 Å². The van der Waals surface area contributed by atoms with Gasteiger partial charge < -0.3 is 26.4 Å². The summed E-state index contributed by atoms with van der Waals surface area (Å²) in [5.41, 5.74) is -2.56. The van der Waals surface area contributed by atoms with Gasteiger partial charge in [-0.25, -0.2) is 0 Å². The van der Waals surface area contributed by atoms with Crippen LogP contribution < -0.4 is 21.3 Å². The molecule has 0 amide bonds. The van der Waals surface area contributed by atoms with E-state index in [0.29, 0.717) is 18.2 Å². The highest BCUT2D eigenvalue weighted by Crippen LogP contribution is 2.46. The fourth-order valence-electron chi connectivity index (χ4n) is 5.95. The van der Waals surface area contributed by atoms with Crippen LogP contribution in [-0.4, -0.2) is 99.9 Å². The van der Waals surface area contributed by atoms with Crippen molar-refractivity contribution in [3.8, 4) is 5.75 Å². The van der Waals surface area contributed by atoms with Gasteiger partial charge in [0, 0.05) is 16.8 Å². The van der Waals surface area contributed by atoms with E-state index in [4.69, 9.17) is 23.2 Å². The van der Waals surface area contributed by atoms with Gasteiger partial charge in [0.2, 0.25) is 34.4 Å². The Morgan fingerprint density at radius 1 is 0.449 bits per heavy atom. The van der Waals surface area contributed by atoms with E-state index in [2.05, 4.69) is 61.4 Å². The third-order valence-electron chi connectivity index (χ3n) is 8.71. The number of nitrogens with one attached hydrogen (secondary N) is 4. The number of halogens is 2. The molecule has 0 unspecified atom stereocenters. The molecule has 2 heterocycles. The monoisotopic (exact) mass is 1090 g/mol. The molecule has 0 fully saturated rings. The lowest BCUT2D eigenvalue weighted by molar-refractivity contribution is 0.472. The first-order valence-corrected chi connectivity index (χ1v) is 25.9. The number of aromatic nitrogens is 6. The summed E-state index contributed by atoms with van der Waals surface area (Å²) in [4.78, 5) is 19.6. The molecule has 5 aromatic carbocycles. The van der Waals surface area contributed by atoms with Crippen molar-refractivity contribution in [2.45, 2.75) is 24.5 Å². The summed E-state index contributed by atoms with van der Waals surface area (Å²) in [5.74, 6) is -2.92. The van der Waals surface area contributed by atoms with Crippen LogP contribution in [0.5, 0.6) is 5.75 Å².